The minimum Gasteiger partial charge on any atom is -0.336 e. The van der Waals surface area contributed by atoms with Crippen LogP contribution in [0.15, 0.2) is 17.0 Å². The van der Waals surface area contributed by atoms with Crippen LogP contribution in [0.4, 0.5) is 4.39 Å². The van der Waals surface area contributed by atoms with Crippen molar-refractivity contribution < 1.29 is 17.6 Å². The van der Waals surface area contributed by atoms with E-state index in [2.05, 4.69) is 0 Å². The Morgan fingerprint density at radius 1 is 1.45 bits per heavy atom. The van der Waals surface area contributed by atoms with Crippen molar-refractivity contribution in [1.82, 2.24) is 4.90 Å². The summed E-state index contributed by atoms with van der Waals surface area (Å²) in [6.45, 7) is 3.83. The van der Waals surface area contributed by atoms with Gasteiger partial charge in [0.1, 0.15) is 5.82 Å². The number of hydrogen-bond donors (Lipinski definition) is 1. The summed E-state index contributed by atoms with van der Waals surface area (Å²) >= 11 is 0. The number of carbonyl (C=O) groups is 1. The van der Waals surface area contributed by atoms with E-state index in [1.165, 1.54) is 6.92 Å². The Hall–Kier alpha value is -1.47. The van der Waals surface area contributed by atoms with Crippen LogP contribution in [0.5, 0.6) is 0 Å². The molecule has 0 saturated carbocycles. The largest absolute Gasteiger partial charge is 0.336 e. The Bertz CT molecular complexity index is 658. The number of amides is 1. The highest BCUT2D eigenvalue weighted by Crippen LogP contribution is 2.24. The molecule has 0 radical (unpaired) electrons. The fourth-order valence-corrected chi connectivity index (χ4v) is 3.29. The maximum atomic E-state index is 13.8. The molecule has 1 aliphatic heterocycles. The molecule has 1 aliphatic rings. The van der Waals surface area contributed by atoms with Gasteiger partial charge in [0.2, 0.25) is 10.0 Å². The van der Waals surface area contributed by atoms with Crippen LogP contribution in [-0.4, -0.2) is 31.8 Å². The van der Waals surface area contributed by atoms with Gasteiger partial charge in [-0.15, -0.1) is 0 Å². The Kier molecular flexibility index (Phi) is 3.84. The van der Waals surface area contributed by atoms with E-state index in [0.29, 0.717) is 6.54 Å². The van der Waals surface area contributed by atoms with Crippen LogP contribution in [0.3, 0.4) is 0 Å². The van der Waals surface area contributed by atoms with Crippen molar-refractivity contribution in [3.8, 4) is 0 Å². The molecule has 1 atom stereocenters. The molecule has 2 N–H and O–H groups in total. The SMILES string of the molecule is Cc1c(F)cc(C(=O)N2CCCC2C)cc1S(N)(=O)=O. The first-order valence-electron chi connectivity index (χ1n) is 6.35. The van der Waals surface area contributed by atoms with Crippen LogP contribution >= 0.6 is 0 Å². The van der Waals surface area contributed by atoms with Crippen LogP contribution in [0.25, 0.3) is 0 Å². The first kappa shape index (κ1) is 14.9. The number of primary sulfonamides is 1. The van der Waals surface area contributed by atoms with Gasteiger partial charge in [0, 0.05) is 23.7 Å². The standard InChI is InChI=1S/C13H17FN2O3S/c1-8-4-3-5-16(8)13(17)10-6-11(14)9(2)12(7-10)20(15,18)19/h6-8H,3-5H2,1-2H3,(H2,15,18,19). The number of carbonyl (C=O) groups excluding carboxylic acids is 1. The number of nitrogens with zero attached hydrogens (tertiary/aromatic N) is 1. The van der Waals surface area contributed by atoms with Crippen LogP contribution in [0.2, 0.25) is 0 Å². The smallest absolute Gasteiger partial charge is 0.254 e. The van der Waals surface area contributed by atoms with Crippen molar-refractivity contribution in [2.45, 2.75) is 37.6 Å². The Balaban J connectivity index is 2.48. The highest BCUT2D eigenvalue weighted by molar-refractivity contribution is 7.89. The van der Waals surface area contributed by atoms with E-state index in [1.807, 2.05) is 6.92 Å². The number of halogens is 1. The number of sulfonamides is 1. The third-order valence-electron chi connectivity index (χ3n) is 3.66. The van der Waals surface area contributed by atoms with Crippen LogP contribution in [-0.2, 0) is 10.0 Å². The van der Waals surface area contributed by atoms with E-state index >= 15 is 0 Å². The average molecular weight is 300 g/mol. The molecule has 1 amide bonds. The fourth-order valence-electron chi connectivity index (χ4n) is 2.47. The zero-order chi connectivity index (χ0) is 15.1. The summed E-state index contributed by atoms with van der Waals surface area (Å²) < 4.78 is 36.7. The molecule has 1 aromatic rings. The first-order chi connectivity index (χ1) is 9.21. The summed E-state index contributed by atoms with van der Waals surface area (Å²) in [5.41, 5.74) is -0.0515. The predicted octanol–water partition coefficient (Wildman–Crippen LogP) is 1.41. The highest BCUT2D eigenvalue weighted by atomic mass is 32.2. The van der Waals surface area contributed by atoms with Gasteiger partial charge in [-0.05, 0) is 38.8 Å². The zero-order valence-corrected chi connectivity index (χ0v) is 12.2. The third-order valence-corrected chi connectivity index (χ3v) is 4.70. The Morgan fingerprint density at radius 2 is 2.10 bits per heavy atom. The summed E-state index contributed by atoms with van der Waals surface area (Å²) in [4.78, 5) is 13.6. The molecular weight excluding hydrogens is 283 g/mol. The summed E-state index contributed by atoms with van der Waals surface area (Å²) in [6.07, 6.45) is 1.78. The molecule has 0 bridgehead atoms. The van der Waals surface area contributed by atoms with Crippen molar-refractivity contribution >= 4 is 15.9 Å². The van der Waals surface area contributed by atoms with Gasteiger partial charge in [0.05, 0.1) is 4.90 Å². The maximum absolute atomic E-state index is 13.8. The second kappa shape index (κ2) is 5.14. The Labute approximate surface area is 117 Å². The van der Waals surface area contributed by atoms with Crippen molar-refractivity contribution in [2.24, 2.45) is 5.14 Å². The van der Waals surface area contributed by atoms with Crippen LogP contribution in [0.1, 0.15) is 35.7 Å². The zero-order valence-electron chi connectivity index (χ0n) is 11.4. The molecule has 1 saturated heterocycles. The summed E-state index contributed by atoms with van der Waals surface area (Å²) in [7, 11) is -4.06. The molecule has 1 aromatic carbocycles. The predicted molar refractivity (Wildman–Crippen MR) is 72.2 cm³/mol. The van der Waals surface area contributed by atoms with E-state index in [0.717, 1.165) is 25.0 Å². The lowest BCUT2D eigenvalue weighted by molar-refractivity contribution is 0.0746. The average Bonchev–Trinajstić information content (AvgIpc) is 2.76. The minimum atomic E-state index is -4.06. The Morgan fingerprint density at radius 3 is 2.60 bits per heavy atom. The molecule has 0 aliphatic carbocycles. The lowest BCUT2D eigenvalue weighted by Crippen LogP contribution is -2.34. The number of hydrogen-bond acceptors (Lipinski definition) is 3. The van der Waals surface area contributed by atoms with Gasteiger partial charge in [-0.25, -0.2) is 17.9 Å². The van der Waals surface area contributed by atoms with Gasteiger partial charge in [0.15, 0.2) is 0 Å². The van der Waals surface area contributed by atoms with E-state index in [4.69, 9.17) is 5.14 Å². The molecule has 110 valence electrons. The van der Waals surface area contributed by atoms with Gasteiger partial charge < -0.3 is 4.90 Å². The monoisotopic (exact) mass is 300 g/mol. The van der Waals surface area contributed by atoms with Crippen LogP contribution < -0.4 is 5.14 Å². The third kappa shape index (κ3) is 2.69. The molecule has 1 heterocycles. The van der Waals surface area contributed by atoms with Gasteiger partial charge in [-0.1, -0.05) is 0 Å². The number of likely N-dealkylation sites (tertiary alicyclic amines) is 1. The molecule has 0 aromatic heterocycles. The van der Waals surface area contributed by atoms with Crippen molar-refractivity contribution in [3.05, 3.63) is 29.1 Å². The van der Waals surface area contributed by atoms with Gasteiger partial charge in [-0.2, -0.15) is 0 Å². The lowest BCUT2D eigenvalue weighted by atomic mass is 10.1. The highest BCUT2D eigenvalue weighted by Gasteiger charge is 2.28. The molecule has 7 heteroatoms. The fraction of sp³-hybridized carbons (Fsp3) is 0.462. The maximum Gasteiger partial charge on any atom is 0.254 e. The number of benzene rings is 1. The van der Waals surface area contributed by atoms with E-state index in [1.54, 1.807) is 4.90 Å². The molecule has 1 unspecified atom stereocenters. The van der Waals surface area contributed by atoms with Gasteiger partial charge in [-0.3, -0.25) is 4.79 Å². The van der Waals surface area contributed by atoms with Crippen molar-refractivity contribution in [3.63, 3.8) is 0 Å². The van der Waals surface area contributed by atoms with Gasteiger partial charge >= 0.3 is 0 Å². The summed E-state index contributed by atoms with van der Waals surface area (Å²) in [5, 5.41) is 5.06. The topological polar surface area (TPSA) is 80.5 Å². The van der Waals surface area contributed by atoms with E-state index < -0.39 is 15.8 Å². The molecule has 0 spiro atoms. The number of rotatable bonds is 2. The van der Waals surface area contributed by atoms with Crippen molar-refractivity contribution in [1.29, 1.82) is 0 Å². The summed E-state index contributed by atoms with van der Waals surface area (Å²) in [6, 6.07) is 2.29. The lowest BCUT2D eigenvalue weighted by Gasteiger charge is -2.22. The first-order valence-corrected chi connectivity index (χ1v) is 7.90. The minimum absolute atomic E-state index is 0.0193. The summed E-state index contributed by atoms with van der Waals surface area (Å²) in [5.74, 6) is -1.11. The van der Waals surface area contributed by atoms with Crippen LogP contribution in [0, 0.1) is 12.7 Å². The molecule has 2 rings (SSSR count). The quantitative estimate of drug-likeness (QED) is 0.896. The van der Waals surface area contributed by atoms with E-state index in [9.17, 15) is 17.6 Å². The number of nitrogens with two attached hydrogens (primary N) is 1. The normalized spacial score (nSPS) is 19.4. The molecular formula is C13H17FN2O3S. The second-order valence-electron chi connectivity index (χ2n) is 5.12. The van der Waals surface area contributed by atoms with E-state index in [-0.39, 0.29) is 28.0 Å². The molecule has 1 fully saturated rings. The molecule has 5 nitrogen and oxygen atoms in total. The second-order valence-corrected chi connectivity index (χ2v) is 6.65. The molecule has 20 heavy (non-hydrogen) atoms. The van der Waals surface area contributed by atoms with Gasteiger partial charge in [0.25, 0.3) is 5.91 Å². The van der Waals surface area contributed by atoms with Crippen molar-refractivity contribution in [2.75, 3.05) is 6.54 Å².